The lowest BCUT2D eigenvalue weighted by Crippen LogP contribution is -2.36. The van der Waals surface area contributed by atoms with Crippen LogP contribution in [0.15, 0.2) is 36.4 Å². The molecule has 0 radical (unpaired) electrons. The minimum absolute atomic E-state index is 0.0167. The van der Waals surface area contributed by atoms with Gasteiger partial charge in [0.1, 0.15) is 6.04 Å². The van der Waals surface area contributed by atoms with Crippen molar-refractivity contribution >= 4 is 18.0 Å². The molecule has 0 aliphatic heterocycles. The number of carbonyl (C=O) groups excluding carboxylic acids is 1. The second kappa shape index (κ2) is 7.75. The Morgan fingerprint density at radius 1 is 1.32 bits per heavy atom. The van der Waals surface area contributed by atoms with Gasteiger partial charge in [-0.3, -0.25) is 9.59 Å². The summed E-state index contributed by atoms with van der Waals surface area (Å²) in [4.78, 5) is 24.8. The van der Waals surface area contributed by atoms with Gasteiger partial charge in [-0.15, -0.1) is 0 Å². The topological polar surface area (TPSA) is 83.6 Å². The van der Waals surface area contributed by atoms with Crippen LogP contribution in [0.1, 0.15) is 31.2 Å². The van der Waals surface area contributed by atoms with Crippen molar-refractivity contribution in [1.29, 1.82) is 0 Å². The summed E-state index contributed by atoms with van der Waals surface area (Å²) in [5.41, 5.74) is 6.54. The molecule has 1 aromatic rings. The lowest BCUT2D eigenvalue weighted by atomic mass is 10.1. The predicted octanol–water partition coefficient (Wildman–Crippen LogP) is 1.88. The molecule has 118 valence electrons. The van der Waals surface area contributed by atoms with Gasteiger partial charge in [0.15, 0.2) is 0 Å². The van der Waals surface area contributed by atoms with Crippen molar-refractivity contribution in [3.63, 3.8) is 0 Å². The van der Waals surface area contributed by atoms with E-state index in [-0.39, 0.29) is 18.7 Å². The number of carbonyl (C=O) groups is 2. The maximum absolute atomic E-state index is 12.2. The second-order valence-electron chi connectivity index (χ2n) is 5.57. The van der Waals surface area contributed by atoms with Gasteiger partial charge in [-0.05, 0) is 24.8 Å². The SMILES string of the molecule is N[C@@H](CCC(=O)N(CC=Cc1ccccc1)C1CC1)C(=O)O. The second-order valence-corrected chi connectivity index (χ2v) is 5.57. The van der Waals surface area contributed by atoms with Crippen LogP contribution in [0.25, 0.3) is 6.08 Å². The number of nitrogens with two attached hydrogens (primary N) is 1. The average Bonchev–Trinajstić information content (AvgIpc) is 3.34. The van der Waals surface area contributed by atoms with Crippen LogP contribution in [0.3, 0.4) is 0 Å². The Kier molecular flexibility index (Phi) is 5.72. The van der Waals surface area contributed by atoms with Gasteiger partial charge in [0.2, 0.25) is 5.91 Å². The third-order valence-electron chi connectivity index (χ3n) is 3.71. The molecule has 0 unspecified atom stereocenters. The number of carboxylic acids is 1. The van der Waals surface area contributed by atoms with E-state index >= 15 is 0 Å². The number of aliphatic carboxylic acids is 1. The van der Waals surface area contributed by atoms with Gasteiger partial charge in [-0.2, -0.15) is 0 Å². The van der Waals surface area contributed by atoms with Crippen LogP contribution in [0.2, 0.25) is 0 Å². The predicted molar refractivity (Wildman–Crippen MR) is 85.1 cm³/mol. The Labute approximate surface area is 130 Å². The standard InChI is InChI=1S/C17H22N2O3/c18-15(17(21)22)10-11-16(20)19(14-8-9-14)12-4-7-13-5-2-1-3-6-13/h1-7,14-15H,8-12,18H2,(H,21,22)/t15-/m0/s1. The number of rotatable bonds is 8. The summed E-state index contributed by atoms with van der Waals surface area (Å²) in [6.45, 7) is 0.556. The van der Waals surface area contributed by atoms with Crippen molar-refractivity contribution in [2.75, 3.05) is 6.54 Å². The molecule has 1 aromatic carbocycles. The first-order valence-corrected chi connectivity index (χ1v) is 7.57. The van der Waals surface area contributed by atoms with Crippen LogP contribution < -0.4 is 5.73 Å². The van der Waals surface area contributed by atoms with Crippen LogP contribution >= 0.6 is 0 Å². The van der Waals surface area contributed by atoms with Crippen LogP contribution in [0.4, 0.5) is 0 Å². The van der Waals surface area contributed by atoms with E-state index in [0.29, 0.717) is 12.6 Å². The molecule has 0 aromatic heterocycles. The molecule has 3 N–H and O–H groups in total. The highest BCUT2D eigenvalue weighted by Gasteiger charge is 2.31. The molecule has 0 bridgehead atoms. The quantitative estimate of drug-likeness (QED) is 0.768. The van der Waals surface area contributed by atoms with E-state index in [1.807, 2.05) is 47.4 Å². The van der Waals surface area contributed by atoms with Crippen molar-refractivity contribution in [1.82, 2.24) is 4.90 Å². The van der Waals surface area contributed by atoms with E-state index in [9.17, 15) is 9.59 Å². The Morgan fingerprint density at radius 2 is 2.00 bits per heavy atom. The average molecular weight is 302 g/mol. The fourth-order valence-corrected chi connectivity index (χ4v) is 2.25. The highest BCUT2D eigenvalue weighted by molar-refractivity contribution is 5.79. The van der Waals surface area contributed by atoms with Gasteiger partial charge in [0, 0.05) is 19.0 Å². The first kappa shape index (κ1) is 16.2. The summed E-state index contributed by atoms with van der Waals surface area (Å²) in [7, 11) is 0. The van der Waals surface area contributed by atoms with Gasteiger partial charge >= 0.3 is 5.97 Å². The van der Waals surface area contributed by atoms with Gasteiger partial charge in [-0.1, -0.05) is 42.5 Å². The number of carboxylic acid groups (broad SMARTS) is 1. The number of benzene rings is 1. The maximum Gasteiger partial charge on any atom is 0.320 e. The monoisotopic (exact) mass is 302 g/mol. The zero-order chi connectivity index (χ0) is 15.9. The van der Waals surface area contributed by atoms with E-state index in [0.717, 1.165) is 18.4 Å². The van der Waals surface area contributed by atoms with Gasteiger partial charge < -0.3 is 15.7 Å². The summed E-state index contributed by atoms with van der Waals surface area (Å²) >= 11 is 0. The molecule has 2 rings (SSSR count). The molecule has 1 fully saturated rings. The van der Waals surface area contributed by atoms with Gasteiger partial charge in [0.25, 0.3) is 0 Å². The van der Waals surface area contributed by atoms with Crippen molar-refractivity contribution in [2.24, 2.45) is 5.73 Å². The molecule has 1 saturated carbocycles. The Hall–Kier alpha value is -2.14. The van der Waals surface area contributed by atoms with Crippen LogP contribution in [0, 0.1) is 0 Å². The molecule has 0 saturated heterocycles. The zero-order valence-corrected chi connectivity index (χ0v) is 12.5. The van der Waals surface area contributed by atoms with E-state index in [1.54, 1.807) is 0 Å². The summed E-state index contributed by atoms with van der Waals surface area (Å²) in [6.07, 6.45) is 6.38. The molecule has 5 nitrogen and oxygen atoms in total. The lowest BCUT2D eigenvalue weighted by molar-refractivity contribution is -0.139. The molecule has 1 aliphatic rings. The van der Waals surface area contributed by atoms with Gasteiger partial charge in [0.05, 0.1) is 0 Å². The van der Waals surface area contributed by atoms with E-state index in [4.69, 9.17) is 10.8 Å². The number of amides is 1. The summed E-state index contributed by atoms with van der Waals surface area (Å²) in [6, 6.07) is 9.24. The zero-order valence-electron chi connectivity index (χ0n) is 12.5. The van der Waals surface area contributed by atoms with Gasteiger partial charge in [-0.25, -0.2) is 0 Å². The lowest BCUT2D eigenvalue weighted by Gasteiger charge is -2.21. The summed E-state index contributed by atoms with van der Waals surface area (Å²) in [5.74, 6) is -1.08. The molecule has 1 amide bonds. The van der Waals surface area contributed by atoms with E-state index in [2.05, 4.69) is 0 Å². The van der Waals surface area contributed by atoms with Crippen molar-refractivity contribution in [3.05, 3.63) is 42.0 Å². The highest BCUT2D eigenvalue weighted by atomic mass is 16.4. The molecule has 1 atom stereocenters. The summed E-state index contributed by atoms with van der Waals surface area (Å²) < 4.78 is 0. The normalized spacial score (nSPS) is 15.7. The first-order chi connectivity index (χ1) is 10.6. The number of hydrogen-bond acceptors (Lipinski definition) is 3. The fraction of sp³-hybridized carbons (Fsp3) is 0.412. The third-order valence-corrected chi connectivity index (χ3v) is 3.71. The van der Waals surface area contributed by atoms with Crippen molar-refractivity contribution in [2.45, 2.75) is 37.8 Å². The van der Waals surface area contributed by atoms with Crippen LogP contribution in [-0.4, -0.2) is 40.5 Å². The Morgan fingerprint density at radius 3 is 2.59 bits per heavy atom. The first-order valence-electron chi connectivity index (χ1n) is 7.57. The maximum atomic E-state index is 12.2. The van der Waals surface area contributed by atoms with Crippen molar-refractivity contribution < 1.29 is 14.7 Å². The molecule has 0 heterocycles. The van der Waals surface area contributed by atoms with E-state index in [1.165, 1.54) is 0 Å². The van der Waals surface area contributed by atoms with Crippen LogP contribution in [-0.2, 0) is 9.59 Å². The minimum Gasteiger partial charge on any atom is -0.480 e. The van der Waals surface area contributed by atoms with Crippen LogP contribution in [0.5, 0.6) is 0 Å². The molecule has 5 heteroatoms. The van der Waals surface area contributed by atoms with Crippen molar-refractivity contribution in [3.8, 4) is 0 Å². The fourth-order valence-electron chi connectivity index (χ4n) is 2.25. The smallest absolute Gasteiger partial charge is 0.320 e. The largest absolute Gasteiger partial charge is 0.480 e. The molecule has 22 heavy (non-hydrogen) atoms. The molecule has 0 spiro atoms. The highest BCUT2D eigenvalue weighted by Crippen LogP contribution is 2.27. The Balaban J connectivity index is 1.86. The molecular weight excluding hydrogens is 280 g/mol. The third kappa shape index (κ3) is 5.00. The number of nitrogens with zero attached hydrogens (tertiary/aromatic N) is 1. The molecular formula is C17H22N2O3. The summed E-state index contributed by atoms with van der Waals surface area (Å²) in [5, 5.41) is 8.76. The van der Waals surface area contributed by atoms with E-state index < -0.39 is 12.0 Å². The Bertz CT molecular complexity index is 538. The molecule has 1 aliphatic carbocycles. The number of hydrogen-bond donors (Lipinski definition) is 2. The minimum atomic E-state index is -1.06.